The van der Waals surface area contributed by atoms with Crippen molar-refractivity contribution in [1.29, 1.82) is 0 Å². The first-order valence-electron chi connectivity index (χ1n) is 4.12. The van der Waals surface area contributed by atoms with Crippen LogP contribution >= 0.6 is 0 Å². The monoisotopic (exact) mass is 157 g/mol. The molecule has 1 N–H and O–H groups in total. The van der Waals surface area contributed by atoms with Gasteiger partial charge in [-0.2, -0.15) is 0 Å². The molecule has 0 bridgehead atoms. The van der Waals surface area contributed by atoms with Crippen LogP contribution in [-0.2, 0) is 0 Å². The van der Waals surface area contributed by atoms with E-state index in [-0.39, 0.29) is 6.10 Å². The van der Waals surface area contributed by atoms with Gasteiger partial charge in [-0.05, 0) is 13.3 Å². The predicted molar refractivity (Wildman–Crippen MR) is 48.4 cm³/mol. The van der Waals surface area contributed by atoms with E-state index in [1.165, 1.54) is 5.70 Å². The molecule has 0 aromatic rings. The zero-order valence-electron chi connectivity index (χ0n) is 7.96. The number of aliphatic hydroxyl groups is 1. The molecule has 0 saturated carbocycles. The first-order valence-corrected chi connectivity index (χ1v) is 4.12. The Morgan fingerprint density at radius 3 is 2.36 bits per heavy atom. The molecule has 0 aromatic heterocycles. The molecule has 0 spiro atoms. The van der Waals surface area contributed by atoms with Crippen LogP contribution in [0.1, 0.15) is 26.7 Å². The van der Waals surface area contributed by atoms with Crippen molar-refractivity contribution in [2.45, 2.75) is 32.8 Å². The SMILES string of the molecule is CC=C(CC(O)CC)N(C)C. The molecule has 66 valence electrons. The molecule has 0 saturated heterocycles. The van der Waals surface area contributed by atoms with E-state index in [1.807, 2.05) is 38.9 Å². The third-order valence-electron chi connectivity index (χ3n) is 1.82. The Hall–Kier alpha value is -0.500. The molecule has 0 aliphatic rings. The van der Waals surface area contributed by atoms with Crippen LogP contribution in [0.4, 0.5) is 0 Å². The number of nitrogens with zero attached hydrogens (tertiary/aromatic N) is 1. The highest BCUT2D eigenvalue weighted by molar-refractivity contribution is 4.98. The first-order chi connectivity index (χ1) is 5.11. The highest BCUT2D eigenvalue weighted by atomic mass is 16.3. The molecule has 0 radical (unpaired) electrons. The fourth-order valence-electron chi connectivity index (χ4n) is 0.944. The van der Waals surface area contributed by atoms with E-state index >= 15 is 0 Å². The molecule has 2 heteroatoms. The lowest BCUT2D eigenvalue weighted by Crippen LogP contribution is -2.16. The van der Waals surface area contributed by atoms with E-state index in [1.54, 1.807) is 0 Å². The lowest BCUT2D eigenvalue weighted by molar-refractivity contribution is 0.162. The standard InChI is InChI=1S/C9H19NO/c1-5-8(10(3)4)7-9(11)6-2/h5,9,11H,6-7H2,1-4H3. The van der Waals surface area contributed by atoms with Gasteiger partial charge >= 0.3 is 0 Å². The van der Waals surface area contributed by atoms with Gasteiger partial charge in [0.15, 0.2) is 0 Å². The third kappa shape index (κ3) is 4.04. The van der Waals surface area contributed by atoms with Gasteiger partial charge in [-0.1, -0.05) is 13.0 Å². The van der Waals surface area contributed by atoms with Crippen LogP contribution in [0.15, 0.2) is 11.8 Å². The molecule has 0 aliphatic carbocycles. The van der Waals surface area contributed by atoms with Gasteiger partial charge in [0.2, 0.25) is 0 Å². The summed E-state index contributed by atoms with van der Waals surface area (Å²) in [6.07, 6.45) is 3.44. The normalized spacial score (nSPS) is 14.8. The molecule has 0 aromatic carbocycles. The summed E-state index contributed by atoms with van der Waals surface area (Å²) in [5, 5.41) is 9.34. The number of hydrogen-bond acceptors (Lipinski definition) is 2. The second-order valence-electron chi connectivity index (χ2n) is 2.94. The van der Waals surface area contributed by atoms with Crippen molar-refractivity contribution in [1.82, 2.24) is 4.90 Å². The van der Waals surface area contributed by atoms with Gasteiger partial charge in [-0.15, -0.1) is 0 Å². The van der Waals surface area contributed by atoms with Crippen LogP contribution in [0.3, 0.4) is 0 Å². The van der Waals surface area contributed by atoms with E-state index in [0.29, 0.717) is 0 Å². The number of allylic oxidation sites excluding steroid dienone is 1. The van der Waals surface area contributed by atoms with Crippen LogP contribution in [0.5, 0.6) is 0 Å². The Morgan fingerprint density at radius 1 is 1.55 bits per heavy atom. The van der Waals surface area contributed by atoms with E-state index in [0.717, 1.165) is 12.8 Å². The van der Waals surface area contributed by atoms with Crippen molar-refractivity contribution in [2.24, 2.45) is 0 Å². The predicted octanol–water partition coefficient (Wildman–Crippen LogP) is 1.61. The summed E-state index contributed by atoms with van der Waals surface area (Å²) in [6.45, 7) is 3.99. The molecule has 0 heterocycles. The Morgan fingerprint density at radius 2 is 2.09 bits per heavy atom. The molecule has 2 nitrogen and oxygen atoms in total. The lowest BCUT2D eigenvalue weighted by Gasteiger charge is -2.19. The Kier molecular flexibility index (Phi) is 4.95. The molecule has 0 rings (SSSR count). The summed E-state index contributed by atoms with van der Waals surface area (Å²) >= 11 is 0. The van der Waals surface area contributed by atoms with Crippen LogP contribution in [-0.4, -0.2) is 30.2 Å². The molecule has 0 amide bonds. The average molecular weight is 157 g/mol. The minimum Gasteiger partial charge on any atom is -0.393 e. The lowest BCUT2D eigenvalue weighted by atomic mass is 10.1. The topological polar surface area (TPSA) is 23.5 Å². The van der Waals surface area contributed by atoms with Crippen molar-refractivity contribution >= 4 is 0 Å². The van der Waals surface area contributed by atoms with Crippen LogP contribution in [0.2, 0.25) is 0 Å². The molecule has 0 aliphatic heterocycles. The van der Waals surface area contributed by atoms with Crippen molar-refractivity contribution < 1.29 is 5.11 Å². The van der Waals surface area contributed by atoms with E-state index < -0.39 is 0 Å². The summed E-state index contributed by atoms with van der Waals surface area (Å²) in [4.78, 5) is 2.04. The van der Waals surface area contributed by atoms with Gasteiger partial charge in [-0.3, -0.25) is 0 Å². The van der Waals surface area contributed by atoms with Gasteiger partial charge in [0.25, 0.3) is 0 Å². The minimum atomic E-state index is -0.191. The fraction of sp³-hybridized carbons (Fsp3) is 0.778. The second kappa shape index (κ2) is 5.19. The molecular weight excluding hydrogens is 138 g/mol. The largest absolute Gasteiger partial charge is 0.393 e. The van der Waals surface area contributed by atoms with Crippen molar-refractivity contribution in [2.75, 3.05) is 14.1 Å². The van der Waals surface area contributed by atoms with Gasteiger partial charge in [0, 0.05) is 26.2 Å². The highest BCUT2D eigenvalue weighted by Crippen LogP contribution is 2.09. The van der Waals surface area contributed by atoms with Crippen LogP contribution in [0.25, 0.3) is 0 Å². The molecule has 1 unspecified atom stereocenters. The van der Waals surface area contributed by atoms with E-state index in [4.69, 9.17) is 0 Å². The van der Waals surface area contributed by atoms with Gasteiger partial charge < -0.3 is 10.0 Å². The van der Waals surface area contributed by atoms with Crippen molar-refractivity contribution in [3.8, 4) is 0 Å². The van der Waals surface area contributed by atoms with E-state index in [9.17, 15) is 5.11 Å². The van der Waals surface area contributed by atoms with Crippen molar-refractivity contribution in [3.05, 3.63) is 11.8 Å². The Labute approximate surface area is 69.5 Å². The summed E-state index contributed by atoms with van der Waals surface area (Å²) in [5.41, 5.74) is 1.19. The maximum absolute atomic E-state index is 9.34. The highest BCUT2D eigenvalue weighted by Gasteiger charge is 2.05. The van der Waals surface area contributed by atoms with Gasteiger partial charge in [0.1, 0.15) is 0 Å². The summed E-state index contributed by atoms with van der Waals surface area (Å²) < 4.78 is 0. The van der Waals surface area contributed by atoms with Gasteiger partial charge in [-0.25, -0.2) is 0 Å². The number of rotatable bonds is 4. The minimum absolute atomic E-state index is 0.191. The zero-order valence-corrected chi connectivity index (χ0v) is 7.96. The first kappa shape index (κ1) is 10.5. The summed E-state index contributed by atoms with van der Waals surface area (Å²) in [7, 11) is 4.00. The quantitative estimate of drug-likeness (QED) is 0.670. The zero-order chi connectivity index (χ0) is 8.85. The van der Waals surface area contributed by atoms with Crippen LogP contribution < -0.4 is 0 Å². The Bertz CT molecular complexity index is 130. The van der Waals surface area contributed by atoms with Crippen molar-refractivity contribution in [3.63, 3.8) is 0 Å². The van der Waals surface area contributed by atoms with E-state index in [2.05, 4.69) is 0 Å². The molecule has 1 atom stereocenters. The number of aliphatic hydroxyl groups excluding tert-OH is 1. The second-order valence-corrected chi connectivity index (χ2v) is 2.94. The fourth-order valence-corrected chi connectivity index (χ4v) is 0.944. The van der Waals surface area contributed by atoms with Gasteiger partial charge in [0.05, 0.1) is 6.10 Å². The van der Waals surface area contributed by atoms with Crippen LogP contribution in [0, 0.1) is 0 Å². The maximum atomic E-state index is 9.34. The molecule has 0 fully saturated rings. The molecular formula is C9H19NO. The third-order valence-corrected chi connectivity index (χ3v) is 1.82. The smallest absolute Gasteiger partial charge is 0.0592 e. The summed E-state index contributed by atoms with van der Waals surface area (Å²) in [6, 6.07) is 0. The Balaban J connectivity index is 3.90. The average Bonchev–Trinajstić information content (AvgIpc) is 1.99. The number of hydrogen-bond donors (Lipinski definition) is 1. The molecule has 11 heavy (non-hydrogen) atoms. The maximum Gasteiger partial charge on any atom is 0.0592 e. The summed E-state index contributed by atoms with van der Waals surface area (Å²) in [5.74, 6) is 0.